The number of fused-ring (bicyclic) bond motifs is 2. The van der Waals surface area contributed by atoms with Crippen molar-refractivity contribution in [2.45, 2.75) is 43.8 Å². The van der Waals surface area contributed by atoms with Gasteiger partial charge in [-0.15, -0.1) is 0 Å². The molecule has 2 saturated heterocycles. The fourth-order valence-corrected chi connectivity index (χ4v) is 3.38. The molecule has 3 rings (SSSR count). The zero-order chi connectivity index (χ0) is 12.7. The van der Waals surface area contributed by atoms with E-state index in [-0.39, 0.29) is 0 Å². The van der Waals surface area contributed by atoms with E-state index in [9.17, 15) is 0 Å². The van der Waals surface area contributed by atoms with E-state index in [0.717, 1.165) is 18.7 Å². The van der Waals surface area contributed by atoms with Crippen molar-refractivity contribution in [3.05, 3.63) is 11.2 Å². The SMILES string of the molecule is COc1ncc(Cl)c(N2C3CCC2CC(N)C3)n1. The van der Waals surface area contributed by atoms with E-state index in [1.165, 1.54) is 12.8 Å². The minimum atomic E-state index is 0.307. The van der Waals surface area contributed by atoms with Crippen molar-refractivity contribution in [2.24, 2.45) is 5.73 Å². The Morgan fingerprint density at radius 1 is 1.39 bits per heavy atom. The van der Waals surface area contributed by atoms with Crippen LogP contribution in [0.15, 0.2) is 6.20 Å². The number of methoxy groups -OCH3 is 1. The van der Waals surface area contributed by atoms with Gasteiger partial charge in [-0.05, 0) is 25.7 Å². The summed E-state index contributed by atoms with van der Waals surface area (Å²) in [6, 6.07) is 1.58. The molecule has 1 aromatic rings. The Kier molecular flexibility index (Phi) is 3.03. The molecule has 0 aliphatic carbocycles. The van der Waals surface area contributed by atoms with Gasteiger partial charge < -0.3 is 15.4 Å². The lowest BCUT2D eigenvalue weighted by atomic mass is 9.98. The van der Waals surface area contributed by atoms with E-state index in [1.54, 1.807) is 13.3 Å². The van der Waals surface area contributed by atoms with Gasteiger partial charge in [-0.2, -0.15) is 4.98 Å². The number of nitrogens with two attached hydrogens (primary N) is 1. The first-order valence-corrected chi connectivity index (χ1v) is 6.67. The lowest BCUT2D eigenvalue weighted by Gasteiger charge is -2.38. The quantitative estimate of drug-likeness (QED) is 0.883. The highest BCUT2D eigenvalue weighted by atomic mass is 35.5. The minimum absolute atomic E-state index is 0.307. The predicted octanol–water partition coefficient (Wildman–Crippen LogP) is 1.60. The highest BCUT2D eigenvalue weighted by Gasteiger charge is 2.41. The molecule has 0 aromatic carbocycles. The lowest BCUT2D eigenvalue weighted by molar-refractivity contribution is 0.375. The van der Waals surface area contributed by atoms with Gasteiger partial charge in [0.05, 0.1) is 13.3 Å². The zero-order valence-electron chi connectivity index (χ0n) is 10.3. The molecule has 3 heterocycles. The highest BCUT2D eigenvalue weighted by molar-refractivity contribution is 6.32. The molecule has 0 saturated carbocycles. The molecular formula is C12H17ClN4O. The van der Waals surface area contributed by atoms with Crippen LogP contribution in [-0.2, 0) is 0 Å². The van der Waals surface area contributed by atoms with E-state index in [4.69, 9.17) is 22.1 Å². The zero-order valence-corrected chi connectivity index (χ0v) is 11.1. The van der Waals surface area contributed by atoms with Gasteiger partial charge in [-0.3, -0.25) is 0 Å². The molecule has 2 aliphatic heterocycles. The van der Waals surface area contributed by atoms with E-state index in [0.29, 0.717) is 29.2 Å². The van der Waals surface area contributed by atoms with Crippen LogP contribution in [0.5, 0.6) is 6.01 Å². The van der Waals surface area contributed by atoms with Crippen molar-refractivity contribution in [2.75, 3.05) is 12.0 Å². The van der Waals surface area contributed by atoms with Crippen LogP contribution in [0, 0.1) is 0 Å². The van der Waals surface area contributed by atoms with Crippen LogP contribution < -0.4 is 15.4 Å². The Morgan fingerprint density at radius 2 is 2.06 bits per heavy atom. The molecule has 2 aliphatic rings. The number of ether oxygens (including phenoxy) is 1. The van der Waals surface area contributed by atoms with Crippen LogP contribution in [0.2, 0.25) is 5.02 Å². The van der Waals surface area contributed by atoms with Crippen LogP contribution in [0.4, 0.5) is 5.82 Å². The highest BCUT2D eigenvalue weighted by Crippen LogP contribution is 2.40. The van der Waals surface area contributed by atoms with Gasteiger partial charge in [0, 0.05) is 18.1 Å². The summed E-state index contributed by atoms with van der Waals surface area (Å²) in [5.41, 5.74) is 6.07. The maximum absolute atomic E-state index is 6.23. The smallest absolute Gasteiger partial charge is 0.318 e. The largest absolute Gasteiger partial charge is 0.467 e. The van der Waals surface area contributed by atoms with Crippen molar-refractivity contribution < 1.29 is 4.74 Å². The van der Waals surface area contributed by atoms with E-state index in [2.05, 4.69) is 14.9 Å². The van der Waals surface area contributed by atoms with Crippen molar-refractivity contribution in [1.82, 2.24) is 9.97 Å². The van der Waals surface area contributed by atoms with Gasteiger partial charge >= 0.3 is 6.01 Å². The van der Waals surface area contributed by atoms with E-state index >= 15 is 0 Å². The first kappa shape index (κ1) is 12.0. The third-order valence-corrected chi connectivity index (χ3v) is 4.17. The Hall–Kier alpha value is -1.07. The Balaban J connectivity index is 1.95. The number of rotatable bonds is 2. The summed E-state index contributed by atoms with van der Waals surface area (Å²) in [7, 11) is 1.56. The maximum Gasteiger partial charge on any atom is 0.318 e. The Bertz CT molecular complexity index is 442. The van der Waals surface area contributed by atoms with Gasteiger partial charge in [-0.1, -0.05) is 11.6 Å². The van der Waals surface area contributed by atoms with Crippen molar-refractivity contribution >= 4 is 17.4 Å². The predicted molar refractivity (Wildman–Crippen MR) is 70.1 cm³/mol. The number of aromatic nitrogens is 2. The van der Waals surface area contributed by atoms with Crippen LogP contribution in [0.3, 0.4) is 0 Å². The summed E-state index contributed by atoms with van der Waals surface area (Å²) < 4.78 is 5.08. The lowest BCUT2D eigenvalue weighted by Crippen LogP contribution is -2.48. The van der Waals surface area contributed by atoms with Crippen LogP contribution in [-0.4, -0.2) is 35.2 Å². The standard InChI is InChI=1S/C12H17ClN4O/c1-18-12-15-6-10(13)11(16-12)17-8-2-3-9(17)5-7(14)4-8/h6-9H,2-5,14H2,1H3. The first-order valence-electron chi connectivity index (χ1n) is 6.29. The molecule has 0 amide bonds. The molecule has 6 heteroatoms. The van der Waals surface area contributed by atoms with Crippen molar-refractivity contribution in [3.63, 3.8) is 0 Å². The monoisotopic (exact) mass is 268 g/mol. The number of anilines is 1. The summed E-state index contributed by atoms with van der Waals surface area (Å²) in [4.78, 5) is 10.7. The second-order valence-corrected chi connectivity index (χ2v) is 5.46. The van der Waals surface area contributed by atoms with Crippen LogP contribution >= 0.6 is 11.6 Å². The molecule has 0 radical (unpaired) electrons. The van der Waals surface area contributed by atoms with Crippen molar-refractivity contribution in [3.8, 4) is 6.01 Å². The fourth-order valence-electron chi connectivity index (χ4n) is 3.19. The fraction of sp³-hybridized carbons (Fsp3) is 0.667. The number of nitrogens with zero attached hydrogens (tertiary/aromatic N) is 3. The molecule has 18 heavy (non-hydrogen) atoms. The third-order valence-electron chi connectivity index (χ3n) is 3.90. The summed E-state index contributed by atoms with van der Waals surface area (Å²) in [6.07, 6.45) is 5.97. The Labute approximate surface area is 111 Å². The maximum atomic E-state index is 6.23. The van der Waals surface area contributed by atoms with Gasteiger partial charge in [0.15, 0.2) is 5.82 Å². The second-order valence-electron chi connectivity index (χ2n) is 5.05. The summed E-state index contributed by atoms with van der Waals surface area (Å²) >= 11 is 6.23. The van der Waals surface area contributed by atoms with E-state index in [1.807, 2.05) is 0 Å². The second kappa shape index (κ2) is 4.55. The third kappa shape index (κ3) is 1.91. The van der Waals surface area contributed by atoms with Gasteiger partial charge in [0.2, 0.25) is 0 Å². The van der Waals surface area contributed by atoms with Gasteiger partial charge in [0.25, 0.3) is 0 Å². The first-order chi connectivity index (χ1) is 8.69. The molecule has 1 aromatic heterocycles. The van der Waals surface area contributed by atoms with Gasteiger partial charge in [-0.25, -0.2) is 4.98 Å². The molecular weight excluding hydrogens is 252 g/mol. The summed E-state index contributed by atoms with van der Waals surface area (Å²) in [5, 5.41) is 0.586. The summed E-state index contributed by atoms with van der Waals surface area (Å²) in [6.45, 7) is 0. The molecule has 2 N–H and O–H groups in total. The normalized spacial score (nSPS) is 30.6. The average molecular weight is 269 g/mol. The number of hydrogen-bond acceptors (Lipinski definition) is 5. The van der Waals surface area contributed by atoms with Gasteiger partial charge in [0.1, 0.15) is 5.02 Å². The molecule has 2 unspecified atom stereocenters. The Morgan fingerprint density at radius 3 is 2.67 bits per heavy atom. The number of hydrogen-bond donors (Lipinski definition) is 1. The number of piperidine rings is 1. The van der Waals surface area contributed by atoms with Crippen LogP contribution in [0.1, 0.15) is 25.7 Å². The molecule has 2 bridgehead atoms. The minimum Gasteiger partial charge on any atom is -0.467 e. The molecule has 5 nitrogen and oxygen atoms in total. The van der Waals surface area contributed by atoms with Crippen molar-refractivity contribution in [1.29, 1.82) is 0 Å². The summed E-state index contributed by atoms with van der Waals surface area (Å²) in [5.74, 6) is 0.794. The molecule has 2 fully saturated rings. The van der Waals surface area contributed by atoms with Crippen LogP contribution in [0.25, 0.3) is 0 Å². The molecule has 2 atom stereocenters. The molecule has 0 spiro atoms. The molecule has 98 valence electrons. The number of halogens is 1. The van der Waals surface area contributed by atoms with E-state index < -0.39 is 0 Å². The average Bonchev–Trinajstić information content (AvgIpc) is 2.63. The topological polar surface area (TPSA) is 64.3 Å².